The molecule has 0 amide bonds. The first-order valence-electron chi connectivity index (χ1n) is 6.34. The number of aromatic nitrogens is 2. The number of hydrogen-bond donors (Lipinski definition) is 2. The lowest BCUT2D eigenvalue weighted by Crippen LogP contribution is -2.28. The van der Waals surface area contributed by atoms with Gasteiger partial charge in [-0.2, -0.15) is 5.10 Å². The van der Waals surface area contributed by atoms with E-state index in [0.29, 0.717) is 6.54 Å². The molecule has 0 fully saturated rings. The molecule has 0 aliphatic carbocycles. The second-order valence-corrected chi connectivity index (χ2v) is 6.54. The topological polar surface area (TPSA) is 90.0 Å². The van der Waals surface area contributed by atoms with Crippen LogP contribution in [0.3, 0.4) is 0 Å². The van der Waals surface area contributed by atoms with Crippen molar-refractivity contribution in [2.24, 2.45) is 0 Å². The maximum Gasteiger partial charge on any atom is 0.241 e. The zero-order valence-corrected chi connectivity index (χ0v) is 12.6. The van der Waals surface area contributed by atoms with Gasteiger partial charge in [0.2, 0.25) is 10.0 Å². The fourth-order valence-corrected chi connectivity index (χ4v) is 3.22. The zero-order valence-electron chi connectivity index (χ0n) is 11.8. The van der Waals surface area contributed by atoms with Gasteiger partial charge in [-0.05, 0) is 31.5 Å². The molecular weight excluding hydrogens is 295 g/mol. The maximum absolute atomic E-state index is 13.6. The number of nitrogens with two attached hydrogens (primary N) is 1. The minimum atomic E-state index is -3.81. The van der Waals surface area contributed by atoms with E-state index in [1.165, 1.54) is 13.0 Å². The molecule has 0 spiro atoms. The maximum atomic E-state index is 13.6. The van der Waals surface area contributed by atoms with Crippen LogP contribution in [0.15, 0.2) is 29.4 Å². The first kappa shape index (κ1) is 15.5. The predicted molar refractivity (Wildman–Crippen MR) is 77.7 cm³/mol. The number of nitrogens with zero attached hydrogens (tertiary/aromatic N) is 2. The van der Waals surface area contributed by atoms with Crippen LogP contribution in [-0.2, 0) is 16.6 Å². The minimum absolute atomic E-state index is 0.0478. The van der Waals surface area contributed by atoms with Gasteiger partial charge in [-0.1, -0.05) is 0 Å². The van der Waals surface area contributed by atoms with Gasteiger partial charge >= 0.3 is 0 Å². The molecule has 3 N–H and O–H groups in total. The largest absolute Gasteiger partial charge is 0.399 e. The quantitative estimate of drug-likeness (QED) is 0.812. The monoisotopic (exact) mass is 312 g/mol. The molecule has 0 bridgehead atoms. The molecule has 0 atom stereocenters. The van der Waals surface area contributed by atoms with E-state index < -0.39 is 15.8 Å². The van der Waals surface area contributed by atoms with Crippen molar-refractivity contribution < 1.29 is 12.8 Å². The number of sulfonamides is 1. The zero-order chi connectivity index (χ0) is 15.6. The summed E-state index contributed by atoms with van der Waals surface area (Å²) in [4.78, 5) is -0.142. The normalized spacial score (nSPS) is 11.8. The molecule has 2 rings (SSSR count). The first-order chi connectivity index (χ1) is 9.79. The van der Waals surface area contributed by atoms with Gasteiger partial charge in [0, 0.05) is 24.0 Å². The average Bonchev–Trinajstić information content (AvgIpc) is 2.79. The van der Waals surface area contributed by atoms with E-state index in [1.807, 2.05) is 6.92 Å². The number of anilines is 1. The van der Waals surface area contributed by atoms with Crippen molar-refractivity contribution in [2.75, 3.05) is 12.3 Å². The Balaban J connectivity index is 2.12. The average molecular weight is 312 g/mol. The van der Waals surface area contributed by atoms with Gasteiger partial charge in [0.05, 0.1) is 17.6 Å². The lowest BCUT2D eigenvalue weighted by Gasteiger charge is -2.11. The molecule has 114 valence electrons. The van der Waals surface area contributed by atoms with Crippen molar-refractivity contribution in [3.8, 4) is 0 Å². The number of halogens is 1. The molecule has 1 aromatic carbocycles. The summed E-state index contributed by atoms with van der Waals surface area (Å²) in [5.74, 6) is -0.641. The van der Waals surface area contributed by atoms with Crippen molar-refractivity contribution in [3.05, 3.63) is 41.5 Å². The lowest BCUT2D eigenvalue weighted by atomic mass is 10.2. The summed E-state index contributed by atoms with van der Waals surface area (Å²) in [6, 6.07) is 2.35. The van der Waals surface area contributed by atoms with Gasteiger partial charge in [-0.3, -0.25) is 4.68 Å². The summed E-state index contributed by atoms with van der Waals surface area (Å²) in [6.07, 6.45) is 3.49. The Kier molecular flexibility index (Phi) is 4.29. The molecule has 0 saturated heterocycles. The highest BCUT2D eigenvalue weighted by molar-refractivity contribution is 7.89. The van der Waals surface area contributed by atoms with Crippen molar-refractivity contribution >= 4 is 15.7 Å². The third-order valence-electron chi connectivity index (χ3n) is 3.00. The third-order valence-corrected chi connectivity index (χ3v) is 4.59. The molecule has 1 heterocycles. The summed E-state index contributed by atoms with van der Waals surface area (Å²) in [6.45, 7) is 3.84. The van der Waals surface area contributed by atoms with Crippen LogP contribution >= 0.6 is 0 Å². The summed E-state index contributed by atoms with van der Waals surface area (Å²) >= 11 is 0. The molecule has 0 unspecified atom stereocenters. The Morgan fingerprint density at radius 1 is 1.38 bits per heavy atom. The van der Waals surface area contributed by atoms with Crippen molar-refractivity contribution in [2.45, 2.75) is 25.3 Å². The highest BCUT2D eigenvalue weighted by atomic mass is 32.2. The number of nitrogens with one attached hydrogen (secondary N) is 1. The summed E-state index contributed by atoms with van der Waals surface area (Å²) in [7, 11) is -3.81. The molecule has 8 heteroatoms. The molecule has 0 aliphatic heterocycles. The van der Waals surface area contributed by atoms with Crippen LogP contribution < -0.4 is 10.5 Å². The van der Waals surface area contributed by atoms with Gasteiger partial charge in [0.1, 0.15) is 5.82 Å². The van der Waals surface area contributed by atoms with Gasteiger partial charge in [-0.15, -0.1) is 0 Å². The Bertz CT molecular complexity index is 756. The van der Waals surface area contributed by atoms with E-state index >= 15 is 0 Å². The first-order valence-corrected chi connectivity index (χ1v) is 7.82. The SMILES string of the molecule is Cc1cnn(CCNS(=O)(=O)c2cc(N)cc(F)c2C)c1. The molecule has 1 aromatic heterocycles. The van der Waals surface area contributed by atoms with Crippen molar-refractivity contribution in [3.63, 3.8) is 0 Å². The molecule has 2 aromatic rings. The Morgan fingerprint density at radius 2 is 2.10 bits per heavy atom. The van der Waals surface area contributed by atoms with Crippen LogP contribution in [-0.4, -0.2) is 24.7 Å². The van der Waals surface area contributed by atoms with E-state index in [-0.39, 0.29) is 22.7 Å². The number of hydrogen-bond acceptors (Lipinski definition) is 4. The van der Waals surface area contributed by atoms with E-state index in [9.17, 15) is 12.8 Å². The van der Waals surface area contributed by atoms with Gasteiger partial charge in [0.25, 0.3) is 0 Å². The molecule has 0 aliphatic rings. The highest BCUT2D eigenvalue weighted by Crippen LogP contribution is 2.21. The fourth-order valence-electron chi connectivity index (χ4n) is 1.91. The van der Waals surface area contributed by atoms with E-state index in [4.69, 9.17) is 5.73 Å². The van der Waals surface area contributed by atoms with E-state index in [2.05, 4.69) is 9.82 Å². The van der Waals surface area contributed by atoms with Gasteiger partial charge in [0.15, 0.2) is 0 Å². The van der Waals surface area contributed by atoms with E-state index in [1.54, 1.807) is 17.1 Å². The molecule has 6 nitrogen and oxygen atoms in total. The van der Waals surface area contributed by atoms with Crippen molar-refractivity contribution in [1.29, 1.82) is 0 Å². The van der Waals surface area contributed by atoms with E-state index in [0.717, 1.165) is 11.6 Å². The molecule has 21 heavy (non-hydrogen) atoms. The van der Waals surface area contributed by atoms with Crippen molar-refractivity contribution in [1.82, 2.24) is 14.5 Å². The van der Waals surface area contributed by atoms with Gasteiger partial charge < -0.3 is 5.73 Å². The lowest BCUT2D eigenvalue weighted by molar-refractivity contribution is 0.557. The smallest absolute Gasteiger partial charge is 0.241 e. The van der Waals surface area contributed by atoms with Crippen LogP contribution in [0.1, 0.15) is 11.1 Å². The van der Waals surface area contributed by atoms with Crippen LogP contribution in [0.2, 0.25) is 0 Å². The standard InChI is InChI=1S/C13H17FN4O2S/c1-9-7-16-18(8-9)4-3-17-21(19,20)13-6-11(15)5-12(14)10(13)2/h5-8,17H,3-4,15H2,1-2H3. The second-order valence-electron chi connectivity index (χ2n) is 4.80. The third kappa shape index (κ3) is 3.59. The summed E-state index contributed by atoms with van der Waals surface area (Å²) in [5, 5.41) is 4.06. The van der Waals surface area contributed by atoms with Crippen LogP contribution in [0.4, 0.5) is 10.1 Å². The summed E-state index contributed by atoms with van der Waals surface area (Å²) < 4.78 is 42.0. The summed E-state index contributed by atoms with van der Waals surface area (Å²) in [5.41, 5.74) is 6.61. The highest BCUT2D eigenvalue weighted by Gasteiger charge is 2.19. The molecule has 0 saturated carbocycles. The molecule has 0 radical (unpaired) electrons. The number of benzene rings is 1. The number of rotatable bonds is 5. The van der Waals surface area contributed by atoms with Crippen LogP contribution in [0.5, 0.6) is 0 Å². The molecular formula is C13H17FN4O2S. The Labute approximate surface area is 122 Å². The minimum Gasteiger partial charge on any atom is -0.399 e. The van der Waals surface area contributed by atoms with Gasteiger partial charge in [-0.25, -0.2) is 17.5 Å². The van der Waals surface area contributed by atoms with Crippen LogP contribution in [0, 0.1) is 19.7 Å². The Hall–Kier alpha value is -1.93. The Morgan fingerprint density at radius 3 is 2.71 bits per heavy atom. The number of aryl methyl sites for hydroxylation is 1. The van der Waals surface area contributed by atoms with Crippen LogP contribution in [0.25, 0.3) is 0 Å². The number of nitrogen functional groups attached to an aromatic ring is 1. The predicted octanol–water partition coefficient (Wildman–Crippen LogP) is 1.20. The second kappa shape index (κ2) is 5.82. The fraction of sp³-hybridized carbons (Fsp3) is 0.308.